The number of rotatable bonds is 13. The zero-order valence-electron chi connectivity index (χ0n) is 27.8. The Bertz CT molecular complexity index is 1830. The van der Waals surface area contributed by atoms with Gasteiger partial charge < -0.3 is 25.2 Å². The van der Waals surface area contributed by atoms with Crippen molar-refractivity contribution in [3.63, 3.8) is 0 Å². The van der Waals surface area contributed by atoms with Gasteiger partial charge in [0, 0.05) is 34.8 Å². The molecule has 1 fully saturated rings. The highest BCUT2D eigenvalue weighted by molar-refractivity contribution is 7.14. The van der Waals surface area contributed by atoms with Gasteiger partial charge in [-0.25, -0.2) is 9.97 Å². The molecule has 1 aliphatic rings. The van der Waals surface area contributed by atoms with Crippen molar-refractivity contribution < 1.29 is 42.1 Å². The molecule has 1 saturated carbocycles. The summed E-state index contributed by atoms with van der Waals surface area (Å²) in [6, 6.07) is 12.5. The van der Waals surface area contributed by atoms with Crippen molar-refractivity contribution in [2.24, 2.45) is 5.92 Å². The van der Waals surface area contributed by atoms with Crippen molar-refractivity contribution >= 4 is 29.1 Å². The van der Waals surface area contributed by atoms with Crippen LogP contribution in [-0.2, 0) is 21.4 Å². The number of amides is 2. The van der Waals surface area contributed by atoms with Crippen LogP contribution in [-0.4, -0.2) is 57.9 Å². The number of hydrogen-bond donors (Lipinski definition) is 3. The van der Waals surface area contributed by atoms with E-state index in [1.165, 1.54) is 36.5 Å². The molecular formula is C36H37F3N4O6S. The number of thiophene rings is 1. The summed E-state index contributed by atoms with van der Waals surface area (Å²) in [4.78, 5) is 48.0. The van der Waals surface area contributed by atoms with Gasteiger partial charge in [-0.05, 0) is 66.5 Å². The number of aromatic nitrogens is 2. The van der Waals surface area contributed by atoms with E-state index in [4.69, 9.17) is 4.74 Å². The molecule has 2 aromatic heterocycles. The lowest BCUT2D eigenvalue weighted by molar-refractivity contribution is -0.275. The third kappa shape index (κ3) is 9.80. The smallest absolute Gasteiger partial charge is 0.489 e. The molecule has 2 aromatic carbocycles. The fraction of sp³-hybridized carbons (Fsp3) is 0.361. The topological polar surface area (TPSA) is 140 Å². The number of ether oxygens (including phenoxy) is 2. The van der Waals surface area contributed by atoms with Crippen molar-refractivity contribution in [3.05, 3.63) is 82.3 Å². The van der Waals surface area contributed by atoms with Crippen LogP contribution >= 0.6 is 11.3 Å². The van der Waals surface area contributed by atoms with Crippen molar-refractivity contribution in [2.45, 2.75) is 70.8 Å². The monoisotopic (exact) mass is 710 g/mol. The molecule has 0 saturated heterocycles. The van der Waals surface area contributed by atoms with Gasteiger partial charge in [0.15, 0.2) is 17.3 Å². The number of halogens is 3. The molecule has 5 rings (SSSR count). The summed E-state index contributed by atoms with van der Waals surface area (Å²) in [7, 11) is 0. The number of carbonyl (C=O) groups is 3. The predicted octanol–water partition coefficient (Wildman–Crippen LogP) is 6.79. The zero-order chi connectivity index (χ0) is 36.2. The zero-order valence-corrected chi connectivity index (χ0v) is 28.7. The maximum Gasteiger partial charge on any atom is 0.573 e. The van der Waals surface area contributed by atoms with E-state index < -0.39 is 42.0 Å². The number of alkyl halides is 3. The summed E-state index contributed by atoms with van der Waals surface area (Å²) in [5.74, 6) is -2.02. The fourth-order valence-corrected chi connectivity index (χ4v) is 5.80. The Labute approximate surface area is 291 Å². The molecule has 2 heterocycles. The summed E-state index contributed by atoms with van der Waals surface area (Å²) in [5, 5.41) is 14.5. The highest BCUT2D eigenvalue weighted by Crippen LogP contribution is 2.38. The maximum absolute atomic E-state index is 13.2. The first kappa shape index (κ1) is 36.3. The van der Waals surface area contributed by atoms with Crippen LogP contribution in [0.3, 0.4) is 0 Å². The van der Waals surface area contributed by atoms with Gasteiger partial charge in [0.1, 0.15) is 12.1 Å². The summed E-state index contributed by atoms with van der Waals surface area (Å²) in [6.45, 7) is 7.75. The Morgan fingerprint density at radius 1 is 0.920 bits per heavy atom. The Kier molecular flexibility index (Phi) is 10.8. The van der Waals surface area contributed by atoms with Crippen molar-refractivity contribution in [2.75, 3.05) is 6.61 Å². The number of nitrogens with one attached hydrogen (secondary N) is 2. The quantitative estimate of drug-likeness (QED) is 0.138. The molecular weight excluding hydrogens is 673 g/mol. The third-order valence-electron chi connectivity index (χ3n) is 7.90. The number of benzene rings is 2. The number of aliphatic carboxylic acids is 1. The SMILES string of the molecule is CC(NC(=O)C(Cc1ccc(-c2ncc(-c3ccc(OC(F)(F)F)c(OCC4CC4)c3)cn2)cc1)NC(=O)c1ccc(C(C)(C)C)s1)C(=O)O. The minimum Gasteiger partial charge on any atom is -0.489 e. The first-order chi connectivity index (χ1) is 23.6. The highest BCUT2D eigenvalue weighted by Gasteiger charge is 2.33. The average molecular weight is 711 g/mol. The van der Waals surface area contributed by atoms with Crippen LogP contribution in [0.4, 0.5) is 13.2 Å². The molecule has 0 bridgehead atoms. The highest BCUT2D eigenvalue weighted by atomic mass is 32.1. The molecule has 0 aliphatic heterocycles. The molecule has 10 nitrogen and oxygen atoms in total. The van der Waals surface area contributed by atoms with Gasteiger partial charge in [-0.15, -0.1) is 24.5 Å². The van der Waals surface area contributed by atoms with Gasteiger partial charge in [-0.3, -0.25) is 14.4 Å². The van der Waals surface area contributed by atoms with Crippen molar-refractivity contribution in [1.29, 1.82) is 0 Å². The van der Waals surface area contributed by atoms with Crippen molar-refractivity contribution in [3.8, 4) is 34.0 Å². The van der Waals surface area contributed by atoms with Crippen LogP contribution in [0.15, 0.2) is 67.0 Å². The van der Waals surface area contributed by atoms with E-state index >= 15 is 0 Å². The fourth-order valence-electron chi connectivity index (χ4n) is 4.83. The van der Waals surface area contributed by atoms with E-state index in [2.05, 4.69) is 25.3 Å². The molecule has 50 heavy (non-hydrogen) atoms. The van der Waals surface area contributed by atoms with Crippen LogP contribution in [0.2, 0.25) is 0 Å². The lowest BCUT2D eigenvalue weighted by Crippen LogP contribution is -2.51. The lowest BCUT2D eigenvalue weighted by Gasteiger charge is -2.20. The third-order valence-corrected chi connectivity index (χ3v) is 9.41. The first-order valence-electron chi connectivity index (χ1n) is 15.9. The lowest BCUT2D eigenvalue weighted by atomic mass is 9.95. The van der Waals surface area contributed by atoms with Gasteiger partial charge in [-0.2, -0.15) is 0 Å². The number of hydrogen-bond acceptors (Lipinski definition) is 8. The summed E-state index contributed by atoms with van der Waals surface area (Å²) in [6.07, 6.45) is 0.267. The maximum atomic E-state index is 13.2. The van der Waals surface area contributed by atoms with Crippen LogP contribution in [0.5, 0.6) is 11.5 Å². The number of carboxylic acid groups (broad SMARTS) is 1. The van der Waals surface area contributed by atoms with E-state index in [0.717, 1.165) is 17.7 Å². The van der Waals surface area contributed by atoms with Crippen LogP contribution in [0, 0.1) is 5.92 Å². The normalized spacial score (nSPS) is 14.4. The second kappa shape index (κ2) is 14.9. The molecule has 14 heteroatoms. The predicted molar refractivity (Wildman–Crippen MR) is 181 cm³/mol. The first-order valence-corrected chi connectivity index (χ1v) is 16.8. The average Bonchev–Trinajstić information content (AvgIpc) is 3.74. The second-order valence-electron chi connectivity index (χ2n) is 13.2. The number of nitrogens with zero attached hydrogens (tertiary/aromatic N) is 2. The Hall–Kier alpha value is -4.98. The summed E-state index contributed by atoms with van der Waals surface area (Å²) in [5.41, 5.74) is 2.29. The van der Waals surface area contributed by atoms with Gasteiger partial charge in [0.25, 0.3) is 5.91 Å². The summed E-state index contributed by atoms with van der Waals surface area (Å²) >= 11 is 1.33. The van der Waals surface area contributed by atoms with Gasteiger partial charge in [0.2, 0.25) is 5.91 Å². The minimum absolute atomic E-state index is 0.0166. The van der Waals surface area contributed by atoms with Crippen LogP contribution in [0.1, 0.15) is 60.6 Å². The molecule has 4 aromatic rings. The molecule has 2 atom stereocenters. The van der Waals surface area contributed by atoms with Gasteiger partial charge >= 0.3 is 12.3 Å². The Morgan fingerprint density at radius 3 is 2.16 bits per heavy atom. The van der Waals surface area contributed by atoms with E-state index in [1.54, 1.807) is 42.7 Å². The molecule has 2 unspecified atom stereocenters. The van der Waals surface area contributed by atoms with Crippen LogP contribution in [0.25, 0.3) is 22.5 Å². The van der Waals surface area contributed by atoms with E-state index in [9.17, 15) is 32.7 Å². The standard InChI is InChI=1S/C36H37F3N4O6S/c1-20(34(46)47)42-32(44)26(43-33(45)29-13-14-30(50-29)35(2,3)4)15-21-7-9-23(10-8-21)31-40-17-25(18-41-31)24-11-12-27(49-36(37,38)39)28(16-24)48-19-22-5-6-22/h7-14,16-18,20,22,26H,5-6,15,19H2,1-4H3,(H,42,44)(H,43,45)(H,46,47). The van der Waals surface area contributed by atoms with Gasteiger partial charge in [-0.1, -0.05) is 51.1 Å². The molecule has 1 aliphatic carbocycles. The molecule has 0 spiro atoms. The molecule has 2 amide bonds. The minimum atomic E-state index is -4.86. The summed E-state index contributed by atoms with van der Waals surface area (Å²) < 4.78 is 48.7. The van der Waals surface area contributed by atoms with Crippen molar-refractivity contribution in [1.82, 2.24) is 20.6 Å². The molecule has 0 radical (unpaired) electrons. The second-order valence-corrected chi connectivity index (χ2v) is 14.3. The van der Waals surface area contributed by atoms with E-state index in [0.29, 0.717) is 45.5 Å². The Balaban J connectivity index is 1.30. The van der Waals surface area contributed by atoms with Gasteiger partial charge in [0.05, 0.1) is 11.5 Å². The van der Waals surface area contributed by atoms with E-state index in [1.807, 2.05) is 26.8 Å². The van der Waals surface area contributed by atoms with E-state index in [-0.39, 0.29) is 17.6 Å². The number of carbonyl (C=O) groups excluding carboxylic acids is 2. The molecule has 264 valence electrons. The number of carboxylic acids is 1. The van der Waals surface area contributed by atoms with Crippen LogP contribution < -0.4 is 20.1 Å². The Morgan fingerprint density at radius 2 is 1.58 bits per heavy atom. The largest absolute Gasteiger partial charge is 0.573 e. The molecule has 3 N–H and O–H groups in total.